The van der Waals surface area contributed by atoms with Crippen LogP contribution in [0, 0.1) is 6.92 Å². The zero-order chi connectivity index (χ0) is 19.2. The van der Waals surface area contributed by atoms with Gasteiger partial charge in [-0.1, -0.05) is 23.7 Å². The van der Waals surface area contributed by atoms with Gasteiger partial charge in [-0.15, -0.1) is 0 Å². The predicted octanol–water partition coefficient (Wildman–Crippen LogP) is 4.22. The maximum atomic E-state index is 6.36. The van der Waals surface area contributed by atoms with E-state index >= 15 is 0 Å². The number of benzene rings is 1. The van der Waals surface area contributed by atoms with E-state index in [0.29, 0.717) is 16.8 Å². The standard InChI is InChI=1S/C20H23ClN6/c1-14-6-4-8-16(21)19(14)25-18-12-17(15-7-5-9-22-13-15)24-20(26-18)23-10-11-27(2)3/h4-9,12-13H,10-11H2,1-3H3,(H2,23,24,25,26). The van der Waals surface area contributed by atoms with Gasteiger partial charge in [0.2, 0.25) is 5.95 Å². The van der Waals surface area contributed by atoms with E-state index in [2.05, 4.69) is 30.5 Å². The largest absolute Gasteiger partial charge is 0.353 e. The molecule has 0 bridgehead atoms. The molecule has 6 nitrogen and oxygen atoms in total. The summed E-state index contributed by atoms with van der Waals surface area (Å²) in [6.45, 7) is 3.63. The van der Waals surface area contributed by atoms with Gasteiger partial charge in [0.15, 0.2) is 0 Å². The van der Waals surface area contributed by atoms with Crippen LogP contribution in [0.25, 0.3) is 11.3 Å². The second kappa shape index (κ2) is 8.79. The van der Waals surface area contributed by atoms with E-state index < -0.39 is 0 Å². The Bertz CT molecular complexity index is 878. The van der Waals surface area contributed by atoms with Gasteiger partial charge in [0.25, 0.3) is 0 Å². The SMILES string of the molecule is Cc1cccc(Cl)c1Nc1cc(-c2cccnc2)nc(NCCN(C)C)n1. The van der Waals surface area contributed by atoms with Crippen molar-refractivity contribution in [3.63, 3.8) is 0 Å². The number of rotatable bonds is 7. The molecule has 0 atom stereocenters. The molecule has 0 fully saturated rings. The van der Waals surface area contributed by atoms with Crippen molar-refractivity contribution in [2.24, 2.45) is 0 Å². The number of halogens is 1. The molecule has 0 aliphatic heterocycles. The van der Waals surface area contributed by atoms with Crippen molar-refractivity contribution in [3.8, 4) is 11.3 Å². The van der Waals surface area contributed by atoms with Crippen molar-refractivity contribution < 1.29 is 0 Å². The molecule has 140 valence electrons. The average molecular weight is 383 g/mol. The topological polar surface area (TPSA) is 66.0 Å². The Morgan fingerprint density at radius 3 is 2.67 bits per heavy atom. The molecule has 2 heterocycles. The van der Waals surface area contributed by atoms with Gasteiger partial charge in [-0.25, -0.2) is 4.98 Å². The first-order valence-corrected chi connectivity index (χ1v) is 9.11. The molecule has 2 N–H and O–H groups in total. The summed E-state index contributed by atoms with van der Waals surface area (Å²) in [6.07, 6.45) is 3.53. The fourth-order valence-electron chi connectivity index (χ4n) is 2.56. The zero-order valence-corrected chi connectivity index (χ0v) is 16.5. The summed E-state index contributed by atoms with van der Waals surface area (Å²) in [5.74, 6) is 1.23. The molecule has 1 aromatic carbocycles. The second-order valence-corrected chi connectivity index (χ2v) is 6.90. The summed E-state index contributed by atoms with van der Waals surface area (Å²) in [7, 11) is 4.06. The molecule has 3 rings (SSSR count). The monoisotopic (exact) mass is 382 g/mol. The number of para-hydroxylation sites is 1. The molecule has 0 spiro atoms. The van der Waals surface area contributed by atoms with Crippen molar-refractivity contribution in [2.45, 2.75) is 6.92 Å². The third-order valence-electron chi connectivity index (χ3n) is 4.00. The summed E-state index contributed by atoms with van der Waals surface area (Å²) in [5, 5.41) is 7.27. The molecule has 0 amide bonds. The van der Waals surface area contributed by atoms with E-state index in [0.717, 1.165) is 35.6 Å². The van der Waals surface area contributed by atoms with E-state index in [1.807, 2.05) is 57.4 Å². The molecule has 27 heavy (non-hydrogen) atoms. The lowest BCUT2D eigenvalue weighted by Crippen LogP contribution is -2.21. The van der Waals surface area contributed by atoms with Crippen LogP contribution < -0.4 is 10.6 Å². The molecular formula is C20H23ClN6. The zero-order valence-electron chi connectivity index (χ0n) is 15.7. The molecule has 0 aliphatic carbocycles. The van der Waals surface area contributed by atoms with Crippen LogP contribution in [-0.4, -0.2) is 47.0 Å². The van der Waals surface area contributed by atoms with Gasteiger partial charge in [0, 0.05) is 37.1 Å². The summed E-state index contributed by atoms with van der Waals surface area (Å²) in [5.41, 5.74) is 3.60. The Balaban J connectivity index is 1.94. The maximum absolute atomic E-state index is 6.36. The highest BCUT2D eigenvalue weighted by Crippen LogP contribution is 2.29. The highest BCUT2D eigenvalue weighted by Gasteiger charge is 2.10. The summed E-state index contributed by atoms with van der Waals surface area (Å²) in [4.78, 5) is 15.5. The number of likely N-dealkylation sites (N-methyl/N-ethyl adjacent to an activating group) is 1. The number of aromatic nitrogens is 3. The third kappa shape index (κ3) is 5.15. The molecule has 0 radical (unpaired) electrons. The van der Waals surface area contributed by atoms with Crippen molar-refractivity contribution in [1.82, 2.24) is 19.9 Å². The van der Waals surface area contributed by atoms with Gasteiger partial charge in [-0.3, -0.25) is 4.98 Å². The fraction of sp³-hybridized carbons (Fsp3) is 0.250. The fourth-order valence-corrected chi connectivity index (χ4v) is 2.83. The van der Waals surface area contributed by atoms with E-state index in [-0.39, 0.29) is 0 Å². The number of pyridine rings is 1. The van der Waals surface area contributed by atoms with Crippen LogP contribution in [0.2, 0.25) is 5.02 Å². The summed E-state index contributed by atoms with van der Waals surface area (Å²) in [6, 6.07) is 11.6. The van der Waals surface area contributed by atoms with Crippen LogP contribution in [-0.2, 0) is 0 Å². The van der Waals surface area contributed by atoms with Crippen molar-refractivity contribution in [1.29, 1.82) is 0 Å². The average Bonchev–Trinajstić information content (AvgIpc) is 2.65. The van der Waals surface area contributed by atoms with Gasteiger partial charge in [-0.2, -0.15) is 4.98 Å². The Labute approximate surface area is 164 Å². The highest BCUT2D eigenvalue weighted by atomic mass is 35.5. The summed E-state index contributed by atoms with van der Waals surface area (Å²) >= 11 is 6.36. The number of hydrogen-bond donors (Lipinski definition) is 2. The molecule has 0 saturated heterocycles. The number of nitrogens with one attached hydrogen (secondary N) is 2. The van der Waals surface area contributed by atoms with E-state index in [9.17, 15) is 0 Å². The van der Waals surface area contributed by atoms with Crippen LogP contribution in [0.1, 0.15) is 5.56 Å². The minimum atomic E-state index is 0.561. The van der Waals surface area contributed by atoms with E-state index in [1.165, 1.54) is 0 Å². The van der Waals surface area contributed by atoms with Crippen molar-refractivity contribution >= 4 is 29.1 Å². The molecule has 0 aliphatic rings. The van der Waals surface area contributed by atoms with Crippen LogP contribution in [0.5, 0.6) is 0 Å². The maximum Gasteiger partial charge on any atom is 0.225 e. The lowest BCUT2D eigenvalue weighted by atomic mass is 10.2. The first-order chi connectivity index (χ1) is 13.0. The van der Waals surface area contributed by atoms with Crippen molar-refractivity contribution in [2.75, 3.05) is 37.8 Å². The van der Waals surface area contributed by atoms with Crippen molar-refractivity contribution in [3.05, 3.63) is 59.4 Å². The molecule has 0 saturated carbocycles. The molecular weight excluding hydrogens is 360 g/mol. The molecule has 2 aromatic heterocycles. The summed E-state index contributed by atoms with van der Waals surface area (Å²) < 4.78 is 0. The first kappa shape index (κ1) is 19.1. The van der Waals surface area contributed by atoms with Gasteiger partial charge < -0.3 is 15.5 Å². The minimum Gasteiger partial charge on any atom is -0.353 e. The Morgan fingerprint density at radius 1 is 1.11 bits per heavy atom. The molecule has 7 heteroatoms. The molecule has 3 aromatic rings. The lowest BCUT2D eigenvalue weighted by Gasteiger charge is -2.14. The van der Waals surface area contributed by atoms with Gasteiger partial charge in [0.1, 0.15) is 5.82 Å². The molecule has 0 unspecified atom stereocenters. The van der Waals surface area contributed by atoms with Crippen LogP contribution in [0.3, 0.4) is 0 Å². The van der Waals surface area contributed by atoms with E-state index in [4.69, 9.17) is 11.6 Å². The Hall–Kier alpha value is -2.70. The number of hydrogen-bond acceptors (Lipinski definition) is 6. The smallest absolute Gasteiger partial charge is 0.225 e. The Kier molecular flexibility index (Phi) is 6.21. The van der Waals surface area contributed by atoms with Gasteiger partial charge in [-0.05, 0) is 44.8 Å². The normalized spacial score (nSPS) is 10.9. The van der Waals surface area contributed by atoms with Crippen LogP contribution in [0.15, 0.2) is 48.8 Å². The predicted molar refractivity (Wildman–Crippen MR) is 112 cm³/mol. The number of aryl methyl sites for hydroxylation is 1. The van der Waals surface area contributed by atoms with E-state index in [1.54, 1.807) is 12.4 Å². The van der Waals surface area contributed by atoms with Gasteiger partial charge in [0.05, 0.1) is 16.4 Å². The third-order valence-corrected chi connectivity index (χ3v) is 4.32. The van der Waals surface area contributed by atoms with Crippen LogP contribution in [0.4, 0.5) is 17.5 Å². The minimum absolute atomic E-state index is 0.561. The number of nitrogens with zero attached hydrogens (tertiary/aromatic N) is 4. The van der Waals surface area contributed by atoms with Gasteiger partial charge >= 0.3 is 0 Å². The lowest BCUT2D eigenvalue weighted by molar-refractivity contribution is 0.425. The quantitative estimate of drug-likeness (QED) is 0.637. The van der Waals surface area contributed by atoms with Crippen LogP contribution >= 0.6 is 11.6 Å². The first-order valence-electron chi connectivity index (χ1n) is 8.73. The second-order valence-electron chi connectivity index (χ2n) is 6.49. The highest BCUT2D eigenvalue weighted by molar-refractivity contribution is 6.33. The number of anilines is 3. The Morgan fingerprint density at radius 2 is 1.96 bits per heavy atom.